The summed E-state index contributed by atoms with van der Waals surface area (Å²) in [6.07, 6.45) is 3.97. The van der Waals surface area contributed by atoms with Crippen LogP contribution in [0.2, 0.25) is 0 Å². The van der Waals surface area contributed by atoms with Gasteiger partial charge in [-0.3, -0.25) is 20.2 Å². The smallest absolute Gasteiger partial charge is 0.238 e. The summed E-state index contributed by atoms with van der Waals surface area (Å²) in [5.41, 5.74) is 7.68. The van der Waals surface area contributed by atoms with Gasteiger partial charge in [0.05, 0.1) is 37.3 Å². The molecule has 1 aliphatic heterocycles. The fraction of sp³-hybridized carbons (Fsp3) is 0.389. The Balaban J connectivity index is 1.44. The average Bonchev–Trinajstić information content (AvgIpc) is 3.15. The van der Waals surface area contributed by atoms with Gasteiger partial charge in [-0.2, -0.15) is 0 Å². The van der Waals surface area contributed by atoms with Crippen molar-refractivity contribution >= 4 is 5.91 Å². The molecule has 1 fully saturated rings. The summed E-state index contributed by atoms with van der Waals surface area (Å²) in [5.74, 6) is 1.29. The van der Waals surface area contributed by atoms with Crippen LogP contribution in [0.3, 0.4) is 0 Å². The molecule has 1 aromatic heterocycles. The topological polar surface area (TPSA) is 97.4 Å². The maximum atomic E-state index is 12.3. The molecule has 8 heteroatoms. The van der Waals surface area contributed by atoms with Crippen LogP contribution >= 0.6 is 0 Å². The zero-order valence-corrected chi connectivity index (χ0v) is 14.9. The molecule has 138 valence electrons. The summed E-state index contributed by atoms with van der Waals surface area (Å²) < 4.78 is 11.1. The van der Waals surface area contributed by atoms with Crippen LogP contribution in [-0.2, 0) is 11.3 Å². The van der Waals surface area contributed by atoms with Gasteiger partial charge in [-0.05, 0) is 25.5 Å². The van der Waals surface area contributed by atoms with E-state index in [1.807, 2.05) is 31.2 Å². The van der Waals surface area contributed by atoms with Gasteiger partial charge >= 0.3 is 0 Å². The molecule has 8 nitrogen and oxygen atoms in total. The molecular weight excluding hydrogens is 334 g/mol. The summed E-state index contributed by atoms with van der Waals surface area (Å²) in [6.45, 7) is 2.66. The first-order valence-corrected chi connectivity index (χ1v) is 8.48. The third-order valence-corrected chi connectivity index (χ3v) is 4.09. The number of ether oxygens (including phenoxy) is 2. The fourth-order valence-electron chi connectivity index (χ4n) is 2.64. The first-order chi connectivity index (χ1) is 12.7. The SMILES string of the molecule is COc1ccccc1OCC1CC(C(=O)NCc2cnc(C)cn2)NN1. The van der Waals surface area contributed by atoms with Crippen LogP contribution in [-0.4, -0.2) is 41.7 Å². The van der Waals surface area contributed by atoms with Crippen molar-refractivity contribution in [1.29, 1.82) is 0 Å². The number of nitrogens with one attached hydrogen (secondary N) is 3. The van der Waals surface area contributed by atoms with E-state index in [1.165, 1.54) is 0 Å². The van der Waals surface area contributed by atoms with Crippen molar-refractivity contribution in [2.75, 3.05) is 13.7 Å². The van der Waals surface area contributed by atoms with Gasteiger partial charge < -0.3 is 14.8 Å². The molecule has 0 bridgehead atoms. The van der Waals surface area contributed by atoms with Gasteiger partial charge in [-0.25, -0.2) is 5.43 Å². The zero-order chi connectivity index (χ0) is 18.4. The van der Waals surface area contributed by atoms with Crippen LogP contribution in [0.1, 0.15) is 17.8 Å². The lowest BCUT2D eigenvalue weighted by Crippen LogP contribution is -2.43. The van der Waals surface area contributed by atoms with E-state index in [0.717, 1.165) is 11.4 Å². The van der Waals surface area contributed by atoms with Crippen molar-refractivity contribution in [2.24, 2.45) is 0 Å². The van der Waals surface area contributed by atoms with E-state index in [4.69, 9.17) is 9.47 Å². The van der Waals surface area contributed by atoms with Crippen LogP contribution in [0.15, 0.2) is 36.7 Å². The number of para-hydroxylation sites is 2. The average molecular weight is 357 g/mol. The summed E-state index contributed by atoms with van der Waals surface area (Å²) in [6, 6.07) is 7.19. The number of benzene rings is 1. The van der Waals surface area contributed by atoms with Crippen molar-refractivity contribution in [3.05, 3.63) is 48.0 Å². The van der Waals surface area contributed by atoms with Gasteiger partial charge in [0.1, 0.15) is 12.6 Å². The molecule has 2 atom stereocenters. The minimum Gasteiger partial charge on any atom is -0.493 e. The number of amides is 1. The predicted molar refractivity (Wildman–Crippen MR) is 95.6 cm³/mol. The summed E-state index contributed by atoms with van der Waals surface area (Å²) >= 11 is 0. The Bertz CT molecular complexity index is 738. The number of hydrogen-bond acceptors (Lipinski definition) is 7. The Morgan fingerprint density at radius 2 is 2.04 bits per heavy atom. The molecule has 1 aromatic carbocycles. The first-order valence-electron chi connectivity index (χ1n) is 8.48. The Hall–Kier alpha value is -2.71. The molecule has 26 heavy (non-hydrogen) atoms. The van der Waals surface area contributed by atoms with Crippen molar-refractivity contribution in [3.8, 4) is 11.5 Å². The van der Waals surface area contributed by atoms with Gasteiger partial charge in [0.2, 0.25) is 5.91 Å². The highest BCUT2D eigenvalue weighted by Gasteiger charge is 2.29. The molecule has 1 saturated heterocycles. The van der Waals surface area contributed by atoms with Crippen molar-refractivity contribution < 1.29 is 14.3 Å². The van der Waals surface area contributed by atoms with Gasteiger partial charge in [0.15, 0.2) is 11.5 Å². The number of methoxy groups -OCH3 is 1. The van der Waals surface area contributed by atoms with Crippen molar-refractivity contribution in [1.82, 2.24) is 26.1 Å². The van der Waals surface area contributed by atoms with E-state index in [0.29, 0.717) is 31.1 Å². The third kappa shape index (κ3) is 4.68. The van der Waals surface area contributed by atoms with Gasteiger partial charge in [0.25, 0.3) is 0 Å². The summed E-state index contributed by atoms with van der Waals surface area (Å²) in [5, 5.41) is 2.87. The highest BCUT2D eigenvalue weighted by molar-refractivity contribution is 5.81. The molecule has 0 spiro atoms. The van der Waals surface area contributed by atoms with Crippen molar-refractivity contribution in [3.63, 3.8) is 0 Å². The van der Waals surface area contributed by atoms with Crippen LogP contribution < -0.4 is 25.6 Å². The molecule has 0 aliphatic carbocycles. The maximum Gasteiger partial charge on any atom is 0.238 e. The van der Waals surface area contributed by atoms with E-state index < -0.39 is 0 Å². The number of hydrazine groups is 1. The van der Waals surface area contributed by atoms with E-state index in [9.17, 15) is 4.79 Å². The molecular formula is C18H23N5O3. The number of carbonyl (C=O) groups excluding carboxylic acids is 1. The highest BCUT2D eigenvalue weighted by atomic mass is 16.5. The number of nitrogens with zero attached hydrogens (tertiary/aromatic N) is 2. The Morgan fingerprint density at radius 1 is 1.23 bits per heavy atom. The predicted octanol–water partition coefficient (Wildman–Crippen LogP) is 0.724. The monoisotopic (exact) mass is 357 g/mol. The molecule has 0 saturated carbocycles. The quantitative estimate of drug-likeness (QED) is 0.672. The van der Waals surface area contributed by atoms with Crippen LogP contribution in [0.4, 0.5) is 0 Å². The van der Waals surface area contributed by atoms with Crippen LogP contribution in [0.5, 0.6) is 11.5 Å². The van der Waals surface area contributed by atoms with Gasteiger partial charge in [-0.1, -0.05) is 12.1 Å². The number of rotatable bonds is 7. The van der Waals surface area contributed by atoms with Gasteiger partial charge in [-0.15, -0.1) is 0 Å². The second-order valence-electron chi connectivity index (χ2n) is 6.10. The lowest BCUT2D eigenvalue weighted by Gasteiger charge is -2.13. The van der Waals surface area contributed by atoms with E-state index in [2.05, 4.69) is 26.1 Å². The normalized spacial score (nSPS) is 19.2. The van der Waals surface area contributed by atoms with E-state index in [-0.39, 0.29) is 18.0 Å². The number of hydrogen-bond donors (Lipinski definition) is 3. The second kappa shape index (κ2) is 8.59. The maximum absolute atomic E-state index is 12.3. The second-order valence-corrected chi connectivity index (χ2v) is 6.10. The molecule has 1 amide bonds. The van der Waals surface area contributed by atoms with Crippen molar-refractivity contribution in [2.45, 2.75) is 32.0 Å². The first kappa shape index (κ1) is 18.1. The lowest BCUT2D eigenvalue weighted by atomic mass is 10.1. The zero-order valence-electron chi connectivity index (χ0n) is 14.9. The molecule has 3 rings (SSSR count). The Morgan fingerprint density at radius 3 is 2.77 bits per heavy atom. The van der Waals surface area contributed by atoms with Gasteiger partial charge in [0, 0.05) is 6.20 Å². The Kier molecular flexibility index (Phi) is 5.98. The standard InChI is InChI=1S/C18H23N5O3/c1-12-8-20-14(9-19-12)10-21-18(24)15-7-13(22-23-15)11-26-17-6-4-3-5-16(17)25-2/h3-6,8-9,13,15,22-23H,7,10-11H2,1-2H3,(H,21,24). The number of aryl methyl sites for hydroxylation is 1. The summed E-state index contributed by atoms with van der Waals surface area (Å²) in [7, 11) is 1.61. The minimum absolute atomic E-state index is 0.0230. The van der Waals surface area contributed by atoms with Crippen LogP contribution in [0.25, 0.3) is 0 Å². The number of carbonyl (C=O) groups is 1. The molecule has 1 aliphatic rings. The number of aromatic nitrogens is 2. The third-order valence-electron chi connectivity index (χ3n) is 4.09. The summed E-state index contributed by atoms with van der Waals surface area (Å²) in [4.78, 5) is 20.7. The van der Waals surface area contributed by atoms with Crippen LogP contribution in [0, 0.1) is 6.92 Å². The molecule has 0 radical (unpaired) electrons. The fourth-order valence-corrected chi connectivity index (χ4v) is 2.64. The molecule has 2 unspecified atom stereocenters. The molecule has 3 N–H and O–H groups in total. The Labute approximate surface area is 152 Å². The van der Waals surface area contributed by atoms with E-state index in [1.54, 1.807) is 19.5 Å². The lowest BCUT2D eigenvalue weighted by molar-refractivity contribution is -0.123. The molecule has 2 aromatic rings. The molecule has 2 heterocycles. The highest BCUT2D eigenvalue weighted by Crippen LogP contribution is 2.26. The largest absolute Gasteiger partial charge is 0.493 e. The van der Waals surface area contributed by atoms with E-state index >= 15 is 0 Å². The minimum atomic E-state index is -0.320.